The molecule has 1 aromatic rings. The molecule has 0 atom stereocenters. The molecule has 4 nitrogen and oxygen atoms in total. The molecule has 0 aromatic heterocycles. The van der Waals surface area contributed by atoms with Gasteiger partial charge in [0.1, 0.15) is 0 Å². The third kappa shape index (κ3) is 4.09. The van der Waals surface area contributed by atoms with Crippen LogP contribution in [0.3, 0.4) is 0 Å². The topological polar surface area (TPSA) is 69.6 Å². The normalized spacial score (nSPS) is 13.2. The van der Waals surface area contributed by atoms with Gasteiger partial charge in [0, 0.05) is 18.8 Å². The Morgan fingerprint density at radius 2 is 2.00 bits per heavy atom. The minimum absolute atomic E-state index is 1.05. The summed E-state index contributed by atoms with van der Waals surface area (Å²) in [5, 5.41) is 0. The van der Waals surface area contributed by atoms with Crippen molar-refractivity contribution in [3.8, 4) is 0 Å². The first kappa shape index (κ1) is 13.4. The van der Waals surface area contributed by atoms with Gasteiger partial charge in [0.15, 0.2) is 0 Å². The van der Waals surface area contributed by atoms with Gasteiger partial charge in [-0.25, -0.2) is 0 Å². The maximum Gasteiger partial charge on any atom is 0.503 e. The lowest BCUT2D eigenvalue weighted by Crippen LogP contribution is -3.98. The van der Waals surface area contributed by atoms with E-state index >= 15 is 0 Å². The number of fused-ring (bicyclic) bond motifs is 1. The van der Waals surface area contributed by atoms with Crippen molar-refractivity contribution in [2.45, 2.75) is 6.92 Å². The average molecular weight is 335 g/mol. The molecule has 0 saturated heterocycles. The first-order valence-electron chi connectivity index (χ1n) is 4.90. The zero-order valence-corrected chi connectivity index (χ0v) is 11.1. The van der Waals surface area contributed by atoms with E-state index in [0.717, 1.165) is 13.1 Å². The van der Waals surface area contributed by atoms with Gasteiger partial charge in [0.05, 0.1) is 0 Å². The SMILES string of the molecule is CCN1CC=Cc2ccccc21.[O-][I+2]([O-])O. The van der Waals surface area contributed by atoms with Crippen molar-refractivity contribution in [1.82, 2.24) is 0 Å². The number of halogens is 1. The highest BCUT2D eigenvalue weighted by atomic mass is 127. The van der Waals surface area contributed by atoms with Crippen molar-refractivity contribution < 1.29 is 31.4 Å². The number of rotatable bonds is 1. The highest BCUT2D eigenvalue weighted by molar-refractivity contribution is 5.70. The molecule has 2 rings (SSSR count). The number of nitrogens with zero attached hydrogens (tertiary/aromatic N) is 1. The zero-order chi connectivity index (χ0) is 12.0. The molecule has 0 amide bonds. The Labute approximate surface area is 104 Å². The Morgan fingerprint density at radius 1 is 1.38 bits per heavy atom. The smallest absolute Gasteiger partial charge is 0.396 e. The number of anilines is 1. The van der Waals surface area contributed by atoms with Crippen LogP contribution in [0.15, 0.2) is 30.3 Å². The molecule has 1 aliphatic rings. The first-order valence-corrected chi connectivity index (χ1v) is 7.62. The Bertz CT molecular complexity index is 352. The number of para-hydroxylation sites is 1. The van der Waals surface area contributed by atoms with E-state index in [1.165, 1.54) is 11.3 Å². The molecule has 1 aliphatic heterocycles. The van der Waals surface area contributed by atoms with Crippen molar-refractivity contribution in [3.05, 3.63) is 35.9 Å². The van der Waals surface area contributed by atoms with Gasteiger partial charge < -0.3 is 11.8 Å². The van der Waals surface area contributed by atoms with Crippen LogP contribution < -0.4 is 32.8 Å². The van der Waals surface area contributed by atoms with Crippen molar-refractivity contribution in [1.29, 1.82) is 0 Å². The molecular formula is C11H14INO3. The van der Waals surface area contributed by atoms with E-state index in [-0.39, 0.29) is 0 Å². The van der Waals surface area contributed by atoms with Crippen LogP contribution in [-0.2, 0) is 0 Å². The van der Waals surface area contributed by atoms with Gasteiger partial charge in [0.2, 0.25) is 0 Å². The third-order valence-corrected chi connectivity index (χ3v) is 2.28. The molecular weight excluding hydrogens is 321 g/mol. The number of likely N-dealkylation sites (N-methyl/N-ethyl adjacent to an activating group) is 1. The lowest BCUT2D eigenvalue weighted by molar-refractivity contribution is -1.63. The van der Waals surface area contributed by atoms with Crippen LogP contribution >= 0.6 is 0 Å². The molecule has 88 valence electrons. The number of hydrogen-bond acceptors (Lipinski definition) is 4. The van der Waals surface area contributed by atoms with Gasteiger partial charge in [-0.05, 0) is 22.0 Å². The summed E-state index contributed by atoms with van der Waals surface area (Å²) in [6.07, 6.45) is 4.41. The molecule has 1 N–H and O–H groups in total. The van der Waals surface area contributed by atoms with Crippen LogP contribution in [0.4, 0.5) is 5.69 Å². The maximum atomic E-state index is 8.68. The monoisotopic (exact) mass is 335 g/mol. The molecule has 0 radical (unpaired) electrons. The van der Waals surface area contributed by atoms with E-state index < -0.39 is 21.1 Å². The fourth-order valence-electron chi connectivity index (χ4n) is 1.62. The zero-order valence-electron chi connectivity index (χ0n) is 8.97. The van der Waals surface area contributed by atoms with Crippen LogP contribution in [-0.4, -0.2) is 16.5 Å². The van der Waals surface area contributed by atoms with Gasteiger partial charge in [-0.2, -0.15) is 0 Å². The summed E-state index contributed by atoms with van der Waals surface area (Å²) >= 11 is -3.76. The number of hydrogen-bond donors (Lipinski definition) is 1. The molecule has 0 bridgehead atoms. The van der Waals surface area contributed by atoms with E-state index in [2.05, 4.69) is 48.2 Å². The Hall–Kier alpha value is -0.630. The summed E-state index contributed by atoms with van der Waals surface area (Å²) in [6.45, 7) is 4.32. The lowest BCUT2D eigenvalue weighted by atomic mass is 10.1. The largest absolute Gasteiger partial charge is 0.503 e. The quantitative estimate of drug-likeness (QED) is 0.544. The second kappa shape index (κ2) is 6.85. The van der Waals surface area contributed by atoms with E-state index in [4.69, 9.17) is 10.3 Å². The average Bonchev–Trinajstić information content (AvgIpc) is 2.27. The van der Waals surface area contributed by atoms with Crippen molar-refractivity contribution in [3.63, 3.8) is 0 Å². The van der Waals surface area contributed by atoms with Gasteiger partial charge in [-0.15, -0.1) is 0 Å². The van der Waals surface area contributed by atoms with Gasteiger partial charge in [-0.3, -0.25) is 0 Å². The Balaban J connectivity index is 0.000000280. The fourth-order valence-corrected chi connectivity index (χ4v) is 1.62. The summed E-state index contributed by atoms with van der Waals surface area (Å²) in [7, 11) is 0. The van der Waals surface area contributed by atoms with E-state index in [0.29, 0.717) is 0 Å². The molecule has 0 unspecified atom stereocenters. The van der Waals surface area contributed by atoms with Gasteiger partial charge >= 0.3 is 21.1 Å². The summed E-state index contributed by atoms with van der Waals surface area (Å²) in [5.74, 6) is 0. The van der Waals surface area contributed by atoms with Crippen LogP contribution in [0.1, 0.15) is 12.5 Å². The summed E-state index contributed by atoms with van der Waals surface area (Å²) in [4.78, 5) is 2.37. The molecule has 1 aromatic carbocycles. The van der Waals surface area contributed by atoms with Crippen LogP contribution in [0.25, 0.3) is 6.08 Å². The lowest BCUT2D eigenvalue weighted by Gasteiger charge is -2.26. The molecule has 0 aliphatic carbocycles. The summed E-state index contributed by atoms with van der Waals surface area (Å²) in [5.41, 5.74) is 2.70. The Morgan fingerprint density at radius 3 is 2.62 bits per heavy atom. The van der Waals surface area contributed by atoms with Crippen LogP contribution in [0.5, 0.6) is 0 Å². The molecule has 0 fully saturated rings. The second-order valence-corrected chi connectivity index (χ2v) is 4.35. The van der Waals surface area contributed by atoms with Crippen LogP contribution in [0.2, 0.25) is 0 Å². The van der Waals surface area contributed by atoms with E-state index in [9.17, 15) is 0 Å². The number of benzene rings is 1. The molecule has 0 spiro atoms. The summed E-state index contributed by atoms with van der Waals surface area (Å²) in [6, 6.07) is 8.53. The maximum absolute atomic E-state index is 8.68. The predicted molar refractivity (Wildman–Crippen MR) is 55.6 cm³/mol. The highest BCUT2D eigenvalue weighted by Gasteiger charge is 2.08. The minimum atomic E-state index is -3.76. The van der Waals surface area contributed by atoms with Crippen molar-refractivity contribution in [2.75, 3.05) is 18.0 Å². The second-order valence-electron chi connectivity index (χ2n) is 3.20. The fraction of sp³-hybridized carbons (Fsp3) is 0.273. The van der Waals surface area contributed by atoms with E-state index in [1.54, 1.807) is 0 Å². The predicted octanol–water partition coefficient (Wildman–Crippen LogP) is -3.39. The molecule has 0 saturated carbocycles. The van der Waals surface area contributed by atoms with Crippen molar-refractivity contribution in [2.24, 2.45) is 0 Å². The van der Waals surface area contributed by atoms with Gasteiger partial charge in [-0.1, -0.05) is 30.4 Å². The molecule has 16 heavy (non-hydrogen) atoms. The highest BCUT2D eigenvalue weighted by Crippen LogP contribution is 2.24. The molecule has 5 heteroatoms. The first-order chi connectivity index (χ1) is 7.65. The standard InChI is InChI=1S/C11H13N.HIO3/c1-2-12-9-5-7-10-6-3-4-8-11(10)12;2-1(3)4/h3-8H,2,9H2,1H3;2H. The van der Waals surface area contributed by atoms with Crippen molar-refractivity contribution >= 4 is 11.8 Å². The summed E-state index contributed by atoms with van der Waals surface area (Å²) < 4.78 is 24.5. The molecule has 1 heterocycles. The van der Waals surface area contributed by atoms with Gasteiger partial charge in [0.25, 0.3) is 0 Å². The van der Waals surface area contributed by atoms with E-state index in [1.807, 2.05) is 0 Å². The van der Waals surface area contributed by atoms with Crippen LogP contribution in [0, 0.1) is 0 Å². The Kier molecular flexibility index (Phi) is 5.75. The minimum Gasteiger partial charge on any atom is -0.396 e. The third-order valence-electron chi connectivity index (χ3n) is 2.28.